The smallest absolute Gasteiger partial charge is 0.736 e. The molecule has 0 heterocycles. The molecule has 0 spiro atoms. The molecule has 46 heavy (non-hydrogen) atoms. The van der Waals surface area contributed by atoms with Crippen LogP contribution in [0.3, 0.4) is 0 Å². The summed E-state index contributed by atoms with van der Waals surface area (Å²) in [7, 11) is -5.22. The summed E-state index contributed by atoms with van der Waals surface area (Å²) < 4.78 is 23.4. The molecular formula is C30H22Cl8NaO6P. The fraction of sp³-hybridized carbons (Fsp3) is 0.200. The van der Waals surface area contributed by atoms with Crippen LogP contribution < -0.4 is 43.5 Å². The van der Waals surface area contributed by atoms with E-state index in [1.54, 1.807) is 24.3 Å². The average Bonchev–Trinajstić information content (AvgIpc) is 2.93. The van der Waals surface area contributed by atoms with Gasteiger partial charge in [-0.2, -0.15) is 0 Å². The molecule has 4 aromatic rings. The van der Waals surface area contributed by atoms with Crippen molar-refractivity contribution in [2.24, 2.45) is 0 Å². The second kappa shape index (κ2) is 14.8. The Balaban J connectivity index is 0.00000576. The first-order chi connectivity index (χ1) is 20.7. The number of phosphoric acid groups is 1. The minimum absolute atomic E-state index is 0. The van der Waals surface area contributed by atoms with Crippen LogP contribution in [0.1, 0.15) is 49.9 Å². The summed E-state index contributed by atoms with van der Waals surface area (Å²) in [5.74, 6) is -1.28. The Hall–Kier alpha value is -0.410. The molecule has 0 radical (unpaired) electrons. The van der Waals surface area contributed by atoms with Crippen molar-refractivity contribution in [1.82, 2.24) is 0 Å². The Kier molecular flexibility index (Phi) is 12.9. The van der Waals surface area contributed by atoms with Crippen LogP contribution in [-0.4, -0.2) is 10.2 Å². The Bertz CT molecular complexity index is 1660. The normalized spacial score (nSPS) is 12.1. The molecule has 6 nitrogen and oxygen atoms in total. The summed E-state index contributed by atoms with van der Waals surface area (Å²) in [6.45, 7) is 7.32. The topological polar surface area (TPSA) is 99.1 Å². The molecule has 4 aromatic carbocycles. The van der Waals surface area contributed by atoms with Crippen LogP contribution in [0.5, 0.6) is 23.0 Å². The third-order valence-electron chi connectivity index (χ3n) is 7.32. The van der Waals surface area contributed by atoms with Gasteiger partial charge in [0.15, 0.2) is 23.0 Å². The van der Waals surface area contributed by atoms with E-state index in [2.05, 4.69) is 0 Å². The molecule has 0 saturated carbocycles. The summed E-state index contributed by atoms with van der Waals surface area (Å²) >= 11 is 50.2. The zero-order valence-electron chi connectivity index (χ0n) is 24.6. The molecule has 0 amide bonds. The zero-order chi connectivity index (χ0) is 33.8. The van der Waals surface area contributed by atoms with Gasteiger partial charge in [0.05, 0.1) is 40.2 Å². The van der Waals surface area contributed by atoms with Crippen LogP contribution in [0.15, 0.2) is 48.5 Å². The van der Waals surface area contributed by atoms with Crippen molar-refractivity contribution in [2.75, 3.05) is 0 Å². The number of benzene rings is 4. The number of phenolic OH excluding ortho intramolecular Hbond substituents is 2. The number of aromatic hydroxyl groups is 2. The van der Waals surface area contributed by atoms with Crippen molar-refractivity contribution in [3.63, 3.8) is 0 Å². The summed E-state index contributed by atoms with van der Waals surface area (Å²) in [5.41, 5.74) is 0.785. The second-order valence-corrected chi connectivity index (χ2v) is 15.5. The number of hydrogen-bond donors (Lipinski definition) is 2. The van der Waals surface area contributed by atoms with E-state index in [0.717, 1.165) is 0 Å². The largest absolute Gasteiger partial charge is 1.00 e. The van der Waals surface area contributed by atoms with Crippen LogP contribution in [-0.2, 0) is 15.4 Å². The molecule has 2 N–H and O–H groups in total. The van der Waals surface area contributed by atoms with Gasteiger partial charge in [-0.05, 0) is 70.8 Å². The third-order valence-corrected chi connectivity index (χ3v) is 10.4. The van der Waals surface area contributed by atoms with Crippen LogP contribution in [0.25, 0.3) is 0 Å². The van der Waals surface area contributed by atoms with Crippen LogP contribution in [0, 0.1) is 0 Å². The van der Waals surface area contributed by atoms with Crippen molar-refractivity contribution in [3.05, 3.63) is 111 Å². The Morgan fingerprint density at radius 1 is 0.522 bits per heavy atom. The first-order valence-corrected chi connectivity index (χ1v) is 17.2. The maximum atomic E-state index is 13.0. The van der Waals surface area contributed by atoms with Crippen molar-refractivity contribution < 1.29 is 58.3 Å². The van der Waals surface area contributed by atoms with E-state index in [1.165, 1.54) is 24.3 Å². The number of hydrogen-bond acceptors (Lipinski definition) is 6. The van der Waals surface area contributed by atoms with Gasteiger partial charge in [0.1, 0.15) is 0 Å². The predicted molar refractivity (Wildman–Crippen MR) is 182 cm³/mol. The fourth-order valence-electron chi connectivity index (χ4n) is 4.44. The standard InChI is InChI=1S/C30H23Cl8O6P.Na/c1-29(2,13-5-17(31)25(39)18(32)6-13)15-9-21(35)27(22(36)10-15)43-45(41,42)44-28-23(37)11-16(12-24(28)38)30(3,4)14-7-19(33)26(40)20(34)8-14;/h5-12,39-40H,1-4H3,(H,41,42);/q;+1/p-1. The molecule has 16 heteroatoms. The summed E-state index contributed by atoms with van der Waals surface area (Å²) in [6.07, 6.45) is 0. The Morgan fingerprint density at radius 2 is 0.717 bits per heavy atom. The maximum absolute atomic E-state index is 13.0. The summed E-state index contributed by atoms with van der Waals surface area (Å²) in [5, 5.41) is 19.5. The van der Waals surface area contributed by atoms with Gasteiger partial charge in [0, 0.05) is 10.8 Å². The number of rotatable bonds is 8. The van der Waals surface area contributed by atoms with Crippen molar-refractivity contribution in [3.8, 4) is 23.0 Å². The number of phosphoric ester groups is 1. The average molecular weight is 816 g/mol. The van der Waals surface area contributed by atoms with E-state index >= 15 is 0 Å². The van der Waals surface area contributed by atoms with Gasteiger partial charge in [0.2, 0.25) is 0 Å². The van der Waals surface area contributed by atoms with Gasteiger partial charge in [-0.25, -0.2) is 4.57 Å². The first-order valence-electron chi connectivity index (χ1n) is 12.7. The Labute approximate surface area is 328 Å². The molecule has 0 bridgehead atoms. The minimum Gasteiger partial charge on any atom is -0.736 e. The molecular weight excluding hydrogens is 794 g/mol. The Morgan fingerprint density at radius 3 is 0.935 bits per heavy atom. The van der Waals surface area contributed by atoms with Gasteiger partial charge in [0.25, 0.3) is 0 Å². The third kappa shape index (κ3) is 8.30. The van der Waals surface area contributed by atoms with E-state index in [9.17, 15) is 19.7 Å². The van der Waals surface area contributed by atoms with Gasteiger partial charge in [-0.15, -0.1) is 0 Å². The number of halogens is 8. The quantitative estimate of drug-likeness (QED) is 0.136. The van der Waals surface area contributed by atoms with E-state index in [-0.39, 0.29) is 92.7 Å². The number of phenols is 2. The predicted octanol–water partition coefficient (Wildman–Crippen LogP) is 8.91. The molecule has 240 valence electrons. The SMILES string of the molecule is CC(C)(c1cc(Cl)c(O)c(Cl)c1)c1cc(Cl)c(OP(=O)([O-])Oc2c(Cl)cc(C(C)(C)c3cc(Cl)c(O)c(Cl)c3)cc2Cl)c(Cl)c1.[Na+]. The molecule has 0 saturated heterocycles. The van der Waals surface area contributed by atoms with E-state index < -0.39 is 18.7 Å². The van der Waals surface area contributed by atoms with Crippen LogP contribution in [0.4, 0.5) is 0 Å². The van der Waals surface area contributed by atoms with E-state index in [0.29, 0.717) is 22.3 Å². The molecule has 0 aliphatic carbocycles. The van der Waals surface area contributed by atoms with Crippen LogP contribution >= 0.6 is 101 Å². The summed E-state index contributed by atoms with van der Waals surface area (Å²) in [4.78, 5) is 13.0. The van der Waals surface area contributed by atoms with Gasteiger partial charge in [-0.3, -0.25) is 0 Å². The van der Waals surface area contributed by atoms with Gasteiger partial charge < -0.3 is 24.2 Å². The van der Waals surface area contributed by atoms with Crippen LogP contribution in [0.2, 0.25) is 40.2 Å². The van der Waals surface area contributed by atoms with Gasteiger partial charge >= 0.3 is 37.4 Å². The minimum atomic E-state index is -5.22. The molecule has 0 atom stereocenters. The molecule has 0 unspecified atom stereocenters. The zero-order valence-corrected chi connectivity index (χ0v) is 33.6. The van der Waals surface area contributed by atoms with Crippen molar-refractivity contribution in [1.29, 1.82) is 0 Å². The molecule has 0 aromatic heterocycles. The summed E-state index contributed by atoms with van der Waals surface area (Å²) in [6, 6.07) is 12.1. The molecule has 0 aliphatic rings. The molecule has 4 rings (SSSR count). The fourth-order valence-corrected chi connectivity index (χ4v) is 7.64. The monoisotopic (exact) mass is 812 g/mol. The van der Waals surface area contributed by atoms with Crippen molar-refractivity contribution >= 4 is 101 Å². The maximum Gasteiger partial charge on any atom is 1.00 e. The molecule has 0 aliphatic heterocycles. The van der Waals surface area contributed by atoms with Crippen molar-refractivity contribution in [2.45, 2.75) is 38.5 Å². The van der Waals surface area contributed by atoms with E-state index in [4.69, 9.17) is 102 Å². The van der Waals surface area contributed by atoms with Gasteiger partial charge in [-0.1, -0.05) is 121 Å². The molecule has 0 fully saturated rings. The van der Waals surface area contributed by atoms with E-state index in [1.807, 2.05) is 27.7 Å². The first kappa shape index (κ1) is 40.0. The second-order valence-electron chi connectivity index (χ2n) is 11.0.